The second-order valence-corrected chi connectivity index (χ2v) is 17.6. The Morgan fingerprint density at radius 1 is 0.485 bits per heavy atom. The van der Waals surface area contributed by atoms with Crippen LogP contribution in [-0.4, -0.2) is 142 Å². The fourth-order valence-corrected chi connectivity index (χ4v) is 7.57. The predicted molar refractivity (Wildman–Crippen MR) is 252 cm³/mol. The third-order valence-corrected chi connectivity index (χ3v) is 11.8. The van der Waals surface area contributed by atoms with E-state index in [9.17, 15) is 45.3 Å². The number of allylic oxidation sites excluding steroid dienone is 8. The summed E-state index contributed by atoms with van der Waals surface area (Å²) >= 11 is 0. The van der Waals surface area contributed by atoms with Gasteiger partial charge in [0.1, 0.15) is 55.4 Å². The Balaban J connectivity index is 1.85. The smallest absolute Gasteiger partial charge is 0.306 e. The Morgan fingerprint density at radius 3 is 1.47 bits per heavy atom. The molecule has 0 aliphatic carbocycles. The zero-order valence-corrected chi connectivity index (χ0v) is 40.2. The molecule has 15 nitrogen and oxygen atoms in total. The van der Waals surface area contributed by atoms with Crippen molar-refractivity contribution >= 4 is 11.9 Å². The highest BCUT2D eigenvalue weighted by Gasteiger charge is 2.47. The number of unbranched alkanes of at least 4 members (excludes halogenated alkanes) is 16. The first-order valence-electron chi connectivity index (χ1n) is 25.2. The van der Waals surface area contributed by atoms with Crippen molar-refractivity contribution in [2.24, 2.45) is 0 Å². The molecule has 0 saturated carbocycles. The number of aliphatic hydroxyl groups excluding tert-OH is 7. The van der Waals surface area contributed by atoms with Crippen LogP contribution >= 0.6 is 0 Å². The molecular weight excluding hydrogens is 853 g/mol. The minimum atomic E-state index is -1.77. The zero-order chi connectivity index (χ0) is 48.2. The van der Waals surface area contributed by atoms with Gasteiger partial charge >= 0.3 is 11.9 Å². The molecule has 0 aromatic heterocycles. The summed E-state index contributed by atoms with van der Waals surface area (Å²) in [6.07, 6.45) is 24.3. The fourth-order valence-electron chi connectivity index (χ4n) is 7.57. The third kappa shape index (κ3) is 26.3. The van der Waals surface area contributed by atoms with E-state index in [2.05, 4.69) is 62.5 Å². The summed E-state index contributed by atoms with van der Waals surface area (Å²) in [5, 5.41) is 72.0. The monoisotopic (exact) mass is 941 g/mol. The van der Waals surface area contributed by atoms with Crippen molar-refractivity contribution in [3.05, 3.63) is 48.6 Å². The van der Waals surface area contributed by atoms with Gasteiger partial charge in [-0.15, -0.1) is 0 Å². The molecule has 66 heavy (non-hydrogen) atoms. The van der Waals surface area contributed by atoms with Crippen LogP contribution in [0.1, 0.15) is 168 Å². The van der Waals surface area contributed by atoms with Gasteiger partial charge in [0, 0.05) is 12.8 Å². The quantitative estimate of drug-likeness (QED) is 0.0194. The lowest BCUT2D eigenvalue weighted by molar-refractivity contribution is -0.332. The van der Waals surface area contributed by atoms with Crippen LogP contribution in [0.2, 0.25) is 0 Å². The molecular formula is C51H88O15. The largest absolute Gasteiger partial charge is 0.462 e. The summed E-state index contributed by atoms with van der Waals surface area (Å²) in [7, 11) is 0. The number of carbonyl (C=O) groups is 2. The molecule has 382 valence electrons. The fraction of sp³-hybridized carbons (Fsp3) is 0.804. The number of ether oxygens (including phenoxy) is 6. The molecule has 2 fully saturated rings. The van der Waals surface area contributed by atoms with E-state index >= 15 is 0 Å². The second kappa shape index (κ2) is 38.3. The molecule has 0 amide bonds. The van der Waals surface area contributed by atoms with Gasteiger partial charge in [0.15, 0.2) is 18.7 Å². The van der Waals surface area contributed by atoms with Crippen LogP contribution in [0.25, 0.3) is 0 Å². The van der Waals surface area contributed by atoms with Crippen LogP contribution in [0, 0.1) is 0 Å². The normalized spacial score (nSPS) is 26.6. The standard InChI is InChI=1S/C51H88O15/c1-3-5-7-9-11-13-15-17-19-21-23-25-27-29-31-33-42(53)61-36-39(64-43(54)34-32-30-28-26-24-22-20-18-16-14-12-10-8-6-4-2)37-62-50-49(60)47(58)45(56)41(66-50)38-63-51-48(59)46(57)44(55)40(35-52)65-51/h11,13,17-20,24,26,39-41,44-52,55-60H,3-10,12,14-16,21-23,25,27-38H2,1-2H3/b13-11+,19-17+,20-18+,26-24+/t39-,40-,41-,44+,45+,46?,47?,48?,49?,50-,51-/m1/s1. The molecule has 2 aliphatic rings. The molecule has 2 rings (SSSR count). The van der Waals surface area contributed by atoms with E-state index in [1.807, 2.05) is 0 Å². The first-order valence-corrected chi connectivity index (χ1v) is 25.2. The second-order valence-electron chi connectivity index (χ2n) is 17.6. The van der Waals surface area contributed by atoms with Crippen LogP contribution in [0.4, 0.5) is 0 Å². The lowest BCUT2D eigenvalue weighted by Crippen LogP contribution is -2.61. The van der Waals surface area contributed by atoms with E-state index in [0.29, 0.717) is 12.8 Å². The van der Waals surface area contributed by atoms with Crippen LogP contribution in [0.15, 0.2) is 48.6 Å². The van der Waals surface area contributed by atoms with Crippen LogP contribution in [0.5, 0.6) is 0 Å². The lowest BCUT2D eigenvalue weighted by Gasteiger charge is -2.42. The third-order valence-electron chi connectivity index (χ3n) is 11.8. The average Bonchev–Trinajstić information content (AvgIpc) is 3.31. The Labute approximate surface area is 395 Å². The summed E-state index contributed by atoms with van der Waals surface area (Å²) in [4.78, 5) is 25.7. The predicted octanol–water partition coefficient (Wildman–Crippen LogP) is 6.71. The van der Waals surface area contributed by atoms with Crippen molar-refractivity contribution in [3.8, 4) is 0 Å². The summed E-state index contributed by atoms with van der Waals surface area (Å²) in [5.41, 5.74) is 0. The van der Waals surface area contributed by atoms with Gasteiger partial charge in [0.25, 0.3) is 0 Å². The molecule has 2 aliphatic heterocycles. The first kappa shape index (κ1) is 59.6. The highest BCUT2D eigenvalue weighted by molar-refractivity contribution is 5.70. The molecule has 0 aromatic carbocycles. The SMILES string of the molecule is CCCCC/C=C/C/C=C/CCCCCCCC(=O)OC[C@H](CO[C@@H]1O[C@H](CO[C@@H]2O[C@H](CO)[C@H](O)C(O)C2O)[C@H](O)C(O)C1O)OC(=O)CCCC/C=C/C/C=C/CCCCCCCC. The maximum atomic E-state index is 13.0. The Morgan fingerprint density at radius 2 is 0.909 bits per heavy atom. The molecule has 0 radical (unpaired) electrons. The van der Waals surface area contributed by atoms with Crippen molar-refractivity contribution in [2.45, 2.75) is 235 Å². The van der Waals surface area contributed by atoms with Gasteiger partial charge in [-0.05, 0) is 77.0 Å². The van der Waals surface area contributed by atoms with Crippen molar-refractivity contribution in [2.75, 3.05) is 26.4 Å². The molecule has 4 unspecified atom stereocenters. The number of esters is 2. The van der Waals surface area contributed by atoms with Crippen molar-refractivity contribution < 1.29 is 73.8 Å². The zero-order valence-electron chi connectivity index (χ0n) is 40.2. The first-order chi connectivity index (χ1) is 32.0. The van der Waals surface area contributed by atoms with Gasteiger partial charge in [0.2, 0.25) is 0 Å². The molecule has 0 bridgehead atoms. The van der Waals surface area contributed by atoms with Crippen molar-refractivity contribution in [1.82, 2.24) is 0 Å². The Bertz CT molecular complexity index is 1340. The van der Waals surface area contributed by atoms with Gasteiger partial charge in [-0.25, -0.2) is 0 Å². The van der Waals surface area contributed by atoms with Gasteiger partial charge in [-0.2, -0.15) is 0 Å². The van der Waals surface area contributed by atoms with Crippen LogP contribution in [-0.2, 0) is 38.0 Å². The van der Waals surface area contributed by atoms with E-state index in [-0.39, 0.29) is 19.4 Å². The van der Waals surface area contributed by atoms with Crippen LogP contribution < -0.4 is 0 Å². The summed E-state index contributed by atoms with van der Waals surface area (Å²) < 4.78 is 33.5. The molecule has 11 atom stereocenters. The number of carbonyl (C=O) groups excluding carboxylic acids is 2. The topological polar surface area (TPSA) is 231 Å². The Hall–Kier alpha value is -2.54. The van der Waals surface area contributed by atoms with Gasteiger partial charge in [0.05, 0.1) is 19.8 Å². The van der Waals surface area contributed by atoms with E-state index in [4.69, 9.17) is 28.4 Å². The highest BCUT2D eigenvalue weighted by Crippen LogP contribution is 2.26. The molecule has 2 heterocycles. The number of hydrogen-bond acceptors (Lipinski definition) is 15. The van der Waals surface area contributed by atoms with E-state index in [1.165, 1.54) is 57.8 Å². The number of rotatable bonds is 38. The Kier molecular flexibility index (Phi) is 34.6. The van der Waals surface area contributed by atoms with E-state index in [1.54, 1.807) is 0 Å². The summed E-state index contributed by atoms with van der Waals surface area (Å²) in [5.74, 6) is -0.981. The molecule has 7 N–H and O–H groups in total. The van der Waals surface area contributed by atoms with Gasteiger partial charge in [-0.1, -0.05) is 127 Å². The number of aliphatic hydroxyl groups is 7. The summed E-state index contributed by atoms with van der Waals surface area (Å²) in [6.45, 7) is 2.49. The molecule has 2 saturated heterocycles. The van der Waals surface area contributed by atoms with Crippen LogP contribution in [0.3, 0.4) is 0 Å². The van der Waals surface area contributed by atoms with E-state index in [0.717, 1.165) is 70.6 Å². The maximum absolute atomic E-state index is 13.0. The van der Waals surface area contributed by atoms with Crippen molar-refractivity contribution in [3.63, 3.8) is 0 Å². The molecule has 15 heteroatoms. The van der Waals surface area contributed by atoms with Gasteiger partial charge < -0.3 is 64.2 Å². The minimum Gasteiger partial charge on any atom is -0.462 e. The molecule has 0 aromatic rings. The molecule has 0 spiro atoms. The van der Waals surface area contributed by atoms with E-state index < -0.39 is 99.3 Å². The van der Waals surface area contributed by atoms with Gasteiger partial charge in [-0.3, -0.25) is 9.59 Å². The average molecular weight is 941 g/mol. The maximum Gasteiger partial charge on any atom is 0.306 e. The summed E-state index contributed by atoms with van der Waals surface area (Å²) in [6, 6.07) is 0. The highest BCUT2D eigenvalue weighted by atomic mass is 16.7. The van der Waals surface area contributed by atoms with Crippen molar-refractivity contribution in [1.29, 1.82) is 0 Å². The lowest BCUT2D eigenvalue weighted by atomic mass is 9.98. The number of hydrogen-bond donors (Lipinski definition) is 7. The minimum absolute atomic E-state index is 0.118.